The molecular weight excluding hydrogens is 260 g/mol. The molecule has 1 aromatic rings. The highest BCUT2D eigenvalue weighted by atomic mass is 16.4. The van der Waals surface area contributed by atoms with Crippen molar-refractivity contribution >= 4 is 11.8 Å². The third-order valence-corrected chi connectivity index (χ3v) is 3.56. The molecule has 1 aliphatic rings. The number of carbonyl (C=O) groups excluding carboxylic acids is 2. The molecule has 108 valence electrons. The molecule has 1 aliphatic heterocycles. The first-order valence-corrected chi connectivity index (χ1v) is 6.56. The van der Waals surface area contributed by atoms with E-state index >= 15 is 0 Å². The first kappa shape index (κ1) is 14.3. The van der Waals surface area contributed by atoms with E-state index in [1.807, 2.05) is 0 Å². The number of aryl methyl sites for hydroxylation is 2. The van der Waals surface area contributed by atoms with Crippen LogP contribution in [0.1, 0.15) is 28.6 Å². The molecule has 1 fully saturated rings. The fourth-order valence-electron chi connectivity index (χ4n) is 2.46. The lowest BCUT2D eigenvalue weighted by molar-refractivity contribution is -0.130. The summed E-state index contributed by atoms with van der Waals surface area (Å²) >= 11 is 0. The Hall–Kier alpha value is -2.11. The molecule has 0 bridgehead atoms. The summed E-state index contributed by atoms with van der Waals surface area (Å²) in [5.41, 5.74) is 0.622. The predicted octanol–water partition coefficient (Wildman–Crippen LogP) is 0.561. The molecule has 2 amide bonds. The normalized spacial score (nSPS) is 15.3. The maximum absolute atomic E-state index is 12.5. The number of hydrogen-bond acceptors (Lipinski definition) is 4. The van der Waals surface area contributed by atoms with Crippen LogP contribution < -0.4 is 5.63 Å². The van der Waals surface area contributed by atoms with Gasteiger partial charge in [0.25, 0.3) is 5.91 Å². The Bertz CT molecular complexity index is 571. The quantitative estimate of drug-likeness (QED) is 0.752. The van der Waals surface area contributed by atoms with E-state index in [0.717, 1.165) is 0 Å². The van der Waals surface area contributed by atoms with Crippen LogP contribution in [0, 0.1) is 13.8 Å². The highest BCUT2D eigenvalue weighted by Gasteiger charge is 2.26. The van der Waals surface area contributed by atoms with Gasteiger partial charge in [-0.3, -0.25) is 9.59 Å². The Morgan fingerprint density at radius 2 is 1.65 bits per heavy atom. The number of nitrogens with zero attached hydrogens (tertiary/aromatic N) is 2. The summed E-state index contributed by atoms with van der Waals surface area (Å²) in [6, 6.07) is 1.33. The lowest BCUT2D eigenvalue weighted by Crippen LogP contribution is -2.50. The van der Waals surface area contributed by atoms with Crippen molar-refractivity contribution < 1.29 is 14.0 Å². The smallest absolute Gasteiger partial charge is 0.336 e. The van der Waals surface area contributed by atoms with E-state index in [0.29, 0.717) is 43.1 Å². The maximum atomic E-state index is 12.5. The standard InChI is InChI=1S/C14H18N2O4/c1-9-8-12(18)20-10(2)13(9)14(19)16-6-4-15(5-7-16)11(3)17/h8H,4-7H2,1-3H3. The van der Waals surface area contributed by atoms with Crippen molar-refractivity contribution in [3.63, 3.8) is 0 Å². The highest BCUT2D eigenvalue weighted by molar-refractivity contribution is 5.96. The Morgan fingerprint density at radius 3 is 2.15 bits per heavy atom. The number of piperazine rings is 1. The van der Waals surface area contributed by atoms with Crippen LogP contribution in [-0.2, 0) is 4.79 Å². The minimum absolute atomic E-state index is 0.0233. The Labute approximate surface area is 117 Å². The summed E-state index contributed by atoms with van der Waals surface area (Å²) in [5.74, 6) is 0.219. The Balaban J connectivity index is 2.18. The first-order chi connectivity index (χ1) is 9.40. The minimum atomic E-state index is -0.446. The molecule has 6 heteroatoms. The molecule has 1 saturated heterocycles. The van der Waals surface area contributed by atoms with E-state index in [4.69, 9.17) is 4.42 Å². The van der Waals surface area contributed by atoms with Gasteiger partial charge in [-0.2, -0.15) is 0 Å². The Kier molecular flexibility index (Phi) is 3.92. The van der Waals surface area contributed by atoms with Crippen molar-refractivity contribution in [2.45, 2.75) is 20.8 Å². The molecule has 0 unspecified atom stereocenters. The fourth-order valence-corrected chi connectivity index (χ4v) is 2.46. The van der Waals surface area contributed by atoms with Crippen molar-refractivity contribution in [2.24, 2.45) is 0 Å². The summed E-state index contributed by atoms with van der Waals surface area (Å²) in [6.07, 6.45) is 0. The molecule has 0 N–H and O–H groups in total. The van der Waals surface area contributed by atoms with Gasteiger partial charge in [-0.25, -0.2) is 4.79 Å². The van der Waals surface area contributed by atoms with E-state index in [1.54, 1.807) is 23.6 Å². The van der Waals surface area contributed by atoms with E-state index in [-0.39, 0.29) is 11.8 Å². The zero-order chi connectivity index (χ0) is 14.9. The second-order valence-electron chi connectivity index (χ2n) is 4.98. The van der Waals surface area contributed by atoms with Crippen LogP contribution in [0.2, 0.25) is 0 Å². The van der Waals surface area contributed by atoms with Crippen LogP contribution in [0.15, 0.2) is 15.3 Å². The fraction of sp³-hybridized carbons (Fsp3) is 0.500. The van der Waals surface area contributed by atoms with Gasteiger partial charge < -0.3 is 14.2 Å². The predicted molar refractivity (Wildman–Crippen MR) is 72.6 cm³/mol. The summed E-state index contributed by atoms with van der Waals surface area (Å²) in [7, 11) is 0. The number of hydrogen-bond donors (Lipinski definition) is 0. The van der Waals surface area contributed by atoms with Crippen LogP contribution in [0.5, 0.6) is 0 Å². The van der Waals surface area contributed by atoms with Gasteiger partial charge in [-0.05, 0) is 19.4 Å². The van der Waals surface area contributed by atoms with Crippen molar-refractivity contribution in [1.82, 2.24) is 9.80 Å². The van der Waals surface area contributed by atoms with Crippen molar-refractivity contribution in [3.05, 3.63) is 33.4 Å². The summed E-state index contributed by atoms with van der Waals surface area (Å²) in [6.45, 7) is 6.94. The third-order valence-electron chi connectivity index (χ3n) is 3.56. The molecule has 0 atom stereocenters. The molecule has 0 radical (unpaired) electrons. The summed E-state index contributed by atoms with van der Waals surface area (Å²) < 4.78 is 4.99. The van der Waals surface area contributed by atoms with Crippen LogP contribution in [0.4, 0.5) is 0 Å². The molecular formula is C14H18N2O4. The van der Waals surface area contributed by atoms with Gasteiger partial charge in [0.2, 0.25) is 5.91 Å². The molecule has 0 spiro atoms. The van der Waals surface area contributed by atoms with Crippen molar-refractivity contribution in [3.8, 4) is 0 Å². The molecule has 2 rings (SSSR count). The molecule has 0 saturated carbocycles. The van der Waals surface area contributed by atoms with Crippen molar-refractivity contribution in [2.75, 3.05) is 26.2 Å². The Morgan fingerprint density at radius 1 is 1.10 bits per heavy atom. The zero-order valence-electron chi connectivity index (χ0n) is 11.9. The molecule has 6 nitrogen and oxygen atoms in total. The van der Waals surface area contributed by atoms with E-state index in [9.17, 15) is 14.4 Å². The molecule has 20 heavy (non-hydrogen) atoms. The molecule has 2 heterocycles. The van der Waals surface area contributed by atoms with Gasteiger partial charge in [0.05, 0.1) is 5.56 Å². The molecule has 1 aromatic heterocycles. The lowest BCUT2D eigenvalue weighted by atomic mass is 10.1. The SMILES string of the molecule is CC(=O)N1CCN(C(=O)c2c(C)cc(=O)oc2C)CC1. The summed E-state index contributed by atoms with van der Waals surface area (Å²) in [5, 5.41) is 0. The topological polar surface area (TPSA) is 70.8 Å². The van der Waals surface area contributed by atoms with E-state index in [1.165, 1.54) is 13.0 Å². The van der Waals surface area contributed by atoms with Crippen molar-refractivity contribution in [1.29, 1.82) is 0 Å². The van der Waals surface area contributed by atoms with Gasteiger partial charge >= 0.3 is 5.63 Å². The average molecular weight is 278 g/mol. The van der Waals surface area contributed by atoms with Gasteiger partial charge in [0.1, 0.15) is 5.76 Å². The largest absolute Gasteiger partial charge is 0.427 e. The van der Waals surface area contributed by atoms with Gasteiger partial charge in [-0.1, -0.05) is 0 Å². The molecule has 0 aromatic carbocycles. The van der Waals surface area contributed by atoms with E-state index in [2.05, 4.69) is 0 Å². The summed E-state index contributed by atoms with van der Waals surface area (Å²) in [4.78, 5) is 38.4. The maximum Gasteiger partial charge on any atom is 0.336 e. The number of rotatable bonds is 1. The first-order valence-electron chi connectivity index (χ1n) is 6.56. The van der Waals surface area contributed by atoms with Crippen LogP contribution in [0.3, 0.4) is 0 Å². The number of amides is 2. The second-order valence-corrected chi connectivity index (χ2v) is 4.98. The average Bonchev–Trinajstić information content (AvgIpc) is 2.37. The van der Waals surface area contributed by atoms with Gasteiger partial charge in [0.15, 0.2) is 0 Å². The lowest BCUT2D eigenvalue weighted by Gasteiger charge is -2.34. The van der Waals surface area contributed by atoms with Gasteiger partial charge in [0, 0.05) is 39.2 Å². The monoisotopic (exact) mass is 278 g/mol. The minimum Gasteiger partial charge on any atom is -0.427 e. The third kappa shape index (κ3) is 2.74. The second kappa shape index (κ2) is 5.48. The highest BCUT2D eigenvalue weighted by Crippen LogP contribution is 2.15. The van der Waals surface area contributed by atoms with E-state index < -0.39 is 5.63 Å². The number of carbonyl (C=O) groups is 2. The molecule has 0 aliphatic carbocycles. The van der Waals surface area contributed by atoms with Crippen LogP contribution in [0.25, 0.3) is 0 Å². The van der Waals surface area contributed by atoms with Crippen LogP contribution >= 0.6 is 0 Å². The van der Waals surface area contributed by atoms with Gasteiger partial charge in [-0.15, -0.1) is 0 Å². The zero-order valence-corrected chi connectivity index (χ0v) is 11.9. The van der Waals surface area contributed by atoms with Crippen LogP contribution in [-0.4, -0.2) is 47.8 Å².